The molecular formula is C28H44N+. The molecule has 0 amide bonds. The van der Waals surface area contributed by atoms with Crippen molar-refractivity contribution >= 4 is 5.71 Å². The van der Waals surface area contributed by atoms with E-state index < -0.39 is 0 Å². The first kappa shape index (κ1) is 23.6. The summed E-state index contributed by atoms with van der Waals surface area (Å²) in [6.45, 7) is 19.1. The summed E-state index contributed by atoms with van der Waals surface area (Å²) < 4.78 is 2.64. The minimum atomic E-state index is 0.470. The van der Waals surface area contributed by atoms with Gasteiger partial charge in [0, 0.05) is 12.5 Å². The van der Waals surface area contributed by atoms with Crippen LogP contribution in [0.2, 0.25) is 0 Å². The number of hydrogen-bond donors (Lipinski definition) is 0. The molecule has 1 aliphatic heterocycles. The van der Waals surface area contributed by atoms with Crippen molar-refractivity contribution in [2.45, 2.75) is 97.9 Å². The first-order valence-electron chi connectivity index (χ1n) is 12.1. The summed E-state index contributed by atoms with van der Waals surface area (Å²) in [4.78, 5) is 0. The summed E-state index contributed by atoms with van der Waals surface area (Å²) in [5.41, 5.74) is 7.28. The standard InChI is InChI=1S/C28H44N/c1-7-11-18-24(10-4)28(29-21-22(29)5)27-20-15-13-12-14-19-26(27)23(6)25(16-8-2)17-9-3/h8,10,16-17,22,24H,4,6-7,9,11-15,18-21H2,1-3,5H3/q+1. The molecule has 0 spiro atoms. The molecule has 0 saturated carbocycles. The van der Waals surface area contributed by atoms with Gasteiger partial charge in [0.2, 0.25) is 12.6 Å². The molecule has 0 bridgehead atoms. The summed E-state index contributed by atoms with van der Waals surface area (Å²) in [6, 6.07) is 0.669. The highest BCUT2D eigenvalue weighted by Gasteiger charge is 2.42. The van der Waals surface area contributed by atoms with Crippen molar-refractivity contribution in [1.82, 2.24) is 0 Å². The predicted molar refractivity (Wildman–Crippen MR) is 130 cm³/mol. The minimum absolute atomic E-state index is 0.470. The maximum atomic E-state index is 4.63. The van der Waals surface area contributed by atoms with Gasteiger partial charge in [-0.05, 0) is 62.2 Å². The fourth-order valence-corrected chi connectivity index (χ4v) is 4.71. The molecule has 0 aromatic carbocycles. The van der Waals surface area contributed by atoms with Gasteiger partial charge in [0.25, 0.3) is 0 Å². The van der Waals surface area contributed by atoms with E-state index in [2.05, 4.69) is 69.7 Å². The molecule has 29 heavy (non-hydrogen) atoms. The summed E-state index contributed by atoms with van der Waals surface area (Å²) in [7, 11) is 0. The molecule has 2 rings (SSSR count). The zero-order chi connectivity index (χ0) is 21.2. The monoisotopic (exact) mass is 394 g/mol. The van der Waals surface area contributed by atoms with E-state index in [1.165, 1.54) is 74.6 Å². The van der Waals surface area contributed by atoms with E-state index in [9.17, 15) is 0 Å². The SMILES string of the molecule is C=CC(CCCC)C(C1=C(C(=C)C(C=CC)=CCC)CCCCCC1)=[N+]1CC1C. The van der Waals surface area contributed by atoms with Gasteiger partial charge in [0.15, 0.2) is 5.71 Å². The topological polar surface area (TPSA) is 3.01 Å². The highest BCUT2D eigenvalue weighted by atomic mass is 15.2. The third kappa shape index (κ3) is 6.43. The molecule has 2 aliphatic rings. The van der Waals surface area contributed by atoms with Crippen LogP contribution in [0.25, 0.3) is 0 Å². The van der Waals surface area contributed by atoms with Crippen LogP contribution >= 0.6 is 0 Å². The van der Waals surface area contributed by atoms with Gasteiger partial charge in [-0.15, -0.1) is 6.58 Å². The lowest BCUT2D eigenvalue weighted by molar-refractivity contribution is -0.360. The summed E-state index contributed by atoms with van der Waals surface area (Å²) in [5.74, 6) is 0.470. The fourth-order valence-electron chi connectivity index (χ4n) is 4.71. The molecule has 0 aromatic rings. The van der Waals surface area contributed by atoms with Crippen LogP contribution in [-0.2, 0) is 0 Å². The van der Waals surface area contributed by atoms with E-state index in [0.717, 1.165) is 12.8 Å². The molecule has 1 nitrogen and oxygen atoms in total. The number of unbranched alkanes of at least 4 members (excludes halogenated alkanes) is 1. The van der Waals surface area contributed by atoms with E-state index in [1.54, 1.807) is 11.3 Å². The molecule has 1 aliphatic carbocycles. The number of allylic oxidation sites excluding steroid dienone is 8. The Hall–Kier alpha value is -1.63. The van der Waals surface area contributed by atoms with Crippen LogP contribution in [0.4, 0.5) is 0 Å². The normalized spacial score (nSPS) is 23.6. The third-order valence-electron chi connectivity index (χ3n) is 6.43. The van der Waals surface area contributed by atoms with E-state index >= 15 is 0 Å². The quantitative estimate of drug-likeness (QED) is 0.153. The molecule has 2 unspecified atom stereocenters. The Labute approximate surface area is 180 Å². The molecule has 1 heterocycles. The van der Waals surface area contributed by atoms with Crippen LogP contribution in [-0.4, -0.2) is 22.9 Å². The van der Waals surface area contributed by atoms with Crippen LogP contribution in [0.1, 0.15) is 91.9 Å². The highest BCUT2D eigenvalue weighted by molar-refractivity contribution is 6.01. The Bertz CT molecular complexity index is 698. The Balaban J connectivity index is 2.60. The van der Waals surface area contributed by atoms with Crippen molar-refractivity contribution in [3.8, 4) is 0 Å². The van der Waals surface area contributed by atoms with Crippen LogP contribution in [0.5, 0.6) is 0 Å². The molecule has 0 N–H and O–H groups in total. The van der Waals surface area contributed by atoms with Gasteiger partial charge in [-0.3, -0.25) is 0 Å². The summed E-state index contributed by atoms with van der Waals surface area (Å²) in [5, 5.41) is 0. The molecule has 0 aromatic heterocycles. The van der Waals surface area contributed by atoms with Gasteiger partial charge >= 0.3 is 0 Å². The summed E-state index contributed by atoms with van der Waals surface area (Å²) >= 11 is 0. The second kappa shape index (κ2) is 12.2. The van der Waals surface area contributed by atoms with Crippen molar-refractivity contribution in [2.24, 2.45) is 5.92 Å². The number of hydrogen-bond acceptors (Lipinski definition) is 0. The minimum Gasteiger partial charge on any atom is -0.217 e. The Morgan fingerprint density at radius 3 is 2.31 bits per heavy atom. The largest absolute Gasteiger partial charge is 0.217 e. The Kier molecular flexibility index (Phi) is 9.91. The van der Waals surface area contributed by atoms with Crippen LogP contribution in [0.3, 0.4) is 0 Å². The van der Waals surface area contributed by atoms with Crippen molar-refractivity contribution < 1.29 is 4.58 Å². The van der Waals surface area contributed by atoms with E-state index in [1.807, 2.05) is 0 Å². The molecule has 1 fully saturated rings. The van der Waals surface area contributed by atoms with E-state index in [4.69, 9.17) is 0 Å². The van der Waals surface area contributed by atoms with E-state index in [0.29, 0.717) is 12.0 Å². The molecule has 1 saturated heterocycles. The van der Waals surface area contributed by atoms with Gasteiger partial charge in [-0.25, -0.2) is 4.58 Å². The Morgan fingerprint density at radius 2 is 1.79 bits per heavy atom. The lowest BCUT2D eigenvalue weighted by Gasteiger charge is -2.23. The first-order valence-corrected chi connectivity index (χ1v) is 12.1. The molecular weight excluding hydrogens is 350 g/mol. The highest BCUT2D eigenvalue weighted by Crippen LogP contribution is 2.35. The molecule has 1 heteroatoms. The van der Waals surface area contributed by atoms with Crippen molar-refractivity contribution in [3.05, 3.63) is 59.8 Å². The first-order chi connectivity index (χ1) is 14.1. The van der Waals surface area contributed by atoms with Gasteiger partial charge < -0.3 is 0 Å². The van der Waals surface area contributed by atoms with Crippen LogP contribution in [0.15, 0.2) is 59.8 Å². The maximum Gasteiger partial charge on any atom is 0.208 e. The van der Waals surface area contributed by atoms with Crippen molar-refractivity contribution in [3.63, 3.8) is 0 Å². The molecule has 160 valence electrons. The van der Waals surface area contributed by atoms with E-state index in [-0.39, 0.29) is 0 Å². The fraction of sp³-hybridized carbons (Fsp3) is 0.607. The zero-order valence-electron chi connectivity index (χ0n) is 19.6. The van der Waals surface area contributed by atoms with Gasteiger partial charge in [-0.2, -0.15) is 0 Å². The lowest BCUT2D eigenvalue weighted by Crippen LogP contribution is -2.23. The smallest absolute Gasteiger partial charge is 0.208 e. The number of nitrogens with zero attached hydrogens (tertiary/aromatic N) is 1. The second-order valence-electron chi connectivity index (χ2n) is 8.79. The predicted octanol–water partition coefficient (Wildman–Crippen LogP) is 7.95. The summed E-state index contributed by atoms with van der Waals surface area (Å²) in [6.07, 6.45) is 21.4. The molecule has 2 atom stereocenters. The van der Waals surface area contributed by atoms with Gasteiger partial charge in [0.1, 0.15) is 0 Å². The van der Waals surface area contributed by atoms with Gasteiger partial charge in [0.05, 0.1) is 5.92 Å². The van der Waals surface area contributed by atoms with Crippen LogP contribution in [0, 0.1) is 5.92 Å². The third-order valence-corrected chi connectivity index (χ3v) is 6.43. The lowest BCUT2D eigenvalue weighted by atomic mass is 9.80. The second-order valence-corrected chi connectivity index (χ2v) is 8.79. The number of rotatable bonds is 10. The average molecular weight is 395 g/mol. The Morgan fingerprint density at radius 1 is 1.14 bits per heavy atom. The molecule has 0 radical (unpaired) electrons. The van der Waals surface area contributed by atoms with Crippen molar-refractivity contribution in [2.75, 3.05) is 6.54 Å². The van der Waals surface area contributed by atoms with Crippen molar-refractivity contribution in [1.29, 1.82) is 0 Å². The van der Waals surface area contributed by atoms with Crippen LogP contribution < -0.4 is 0 Å². The maximum absolute atomic E-state index is 4.63. The van der Waals surface area contributed by atoms with Gasteiger partial charge in [-0.1, -0.05) is 70.4 Å². The zero-order valence-corrected chi connectivity index (χ0v) is 19.6. The average Bonchev–Trinajstić information content (AvgIpc) is 3.41.